The highest BCUT2D eigenvalue weighted by atomic mass is 16.3. The summed E-state index contributed by atoms with van der Waals surface area (Å²) >= 11 is 0. The Morgan fingerprint density at radius 3 is 2.44 bits per heavy atom. The Labute approximate surface area is 157 Å². The Kier molecular flexibility index (Phi) is 5.07. The van der Waals surface area contributed by atoms with Gasteiger partial charge < -0.3 is 10.4 Å². The van der Waals surface area contributed by atoms with Gasteiger partial charge in [-0.25, -0.2) is 0 Å². The maximum atomic E-state index is 12.6. The summed E-state index contributed by atoms with van der Waals surface area (Å²) in [6.45, 7) is 6.07. The number of anilines is 1. The van der Waals surface area contributed by atoms with Crippen LogP contribution in [0, 0.1) is 6.92 Å². The number of aromatic hydroxyl groups is 1. The van der Waals surface area contributed by atoms with E-state index in [1.165, 1.54) is 0 Å². The number of carbonyl (C=O) groups is 1. The third kappa shape index (κ3) is 4.06. The number of aryl methyl sites for hydroxylation is 1. The molecule has 0 aliphatic carbocycles. The number of hydrogen-bond donors (Lipinski definition) is 2. The zero-order valence-electron chi connectivity index (χ0n) is 15.4. The fourth-order valence-electron chi connectivity index (χ4n) is 2.70. The molecule has 1 amide bonds. The van der Waals surface area contributed by atoms with Crippen molar-refractivity contribution in [2.75, 3.05) is 5.32 Å². The summed E-state index contributed by atoms with van der Waals surface area (Å²) in [5, 5.41) is 16.8. The number of aromatic nitrogens is 2. The molecule has 0 saturated carbocycles. The maximum absolute atomic E-state index is 12.6. The summed E-state index contributed by atoms with van der Waals surface area (Å²) in [5.74, 6) is -0.662. The van der Waals surface area contributed by atoms with Crippen molar-refractivity contribution in [1.82, 2.24) is 9.78 Å². The molecule has 0 aliphatic rings. The molecule has 0 bridgehead atoms. The number of carbonyl (C=O) groups excluding carboxylic acids is 1. The Balaban J connectivity index is 1.92. The highest BCUT2D eigenvalue weighted by molar-refractivity contribution is 6.04. The van der Waals surface area contributed by atoms with Gasteiger partial charge in [-0.05, 0) is 48.2 Å². The molecule has 6 nitrogen and oxygen atoms in total. The van der Waals surface area contributed by atoms with Crippen molar-refractivity contribution in [3.8, 4) is 11.4 Å². The first-order valence-electron chi connectivity index (χ1n) is 8.67. The molecular formula is C21H21N3O3. The maximum Gasteiger partial charge on any atom is 0.279 e. The van der Waals surface area contributed by atoms with E-state index in [0.29, 0.717) is 17.3 Å². The Morgan fingerprint density at radius 1 is 1.11 bits per heavy atom. The van der Waals surface area contributed by atoms with Crippen LogP contribution < -0.4 is 10.9 Å². The van der Waals surface area contributed by atoms with Gasteiger partial charge >= 0.3 is 0 Å². The lowest BCUT2D eigenvalue weighted by Gasteiger charge is -2.11. The monoisotopic (exact) mass is 363 g/mol. The van der Waals surface area contributed by atoms with Crippen LogP contribution in [-0.4, -0.2) is 20.8 Å². The molecule has 27 heavy (non-hydrogen) atoms. The molecule has 3 aromatic rings. The molecule has 0 aliphatic heterocycles. The number of amides is 1. The second-order valence-corrected chi connectivity index (χ2v) is 6.70. The minimum atomic E-state index is -0.591. The van der Waals surface area contributed by atoms with Crippen LogP contribution in [0.25, 0.3) is 5.69 Å². The van der Waals surface area contributed by atoms with Crippen molar-refractivity contribution in [2.24, 2.45) is 0 Å². The summed E-state index contributed by atoms with van der Waals surface area (Å²) in [7, 11) is 0. The van der Waals surface area contributed by atoms with Gasteiger partial charge in [0.2, 0.25) is 0 Å². The number of benzene rings is 2. The Bertz CT molecular complexity index is 1040. The van der Waals surface area contributed by atoms with Crippen LogP contribution >= 0.6 is 0 Å². The third-order valence-corrected chi connectivity index (χ3v) is 4.21. The smallest absolute Gasteiger partial charge is 0.279 e. The summed E-state index contributed by atoms with van der Waals surface area (Å²) in [5.41, 5.74) is 2.47. The minimum absolute atomic E-state index is 0.218. The Morgan fingerprint density at radius 2 is 1.81 bits per heavy atom. The lowest BCUT2D eigenvalue weighted by atomic mass is 10.0. The topological polar surface area (TPSA) is 84.2 Å². The van der Waals surface area contributed by atoms with Gasteiger partial charge in [-0.2, -0.15) is 9.78 Å². The van der Waals surface area contributed by atoms with Crippen LogP contribution in [0.4, 0.5) is 5.69 Å². The summed E-state index contributed by atoms with van der Waals surface area (Å²) in [6, 6.07) is 15.6. The van der Waals surface area contributed by atoms with Crippen LogP contribution in [0.3, 0.4) is 0 Å². The molecule has 6 heteroatoms. The predicted octanol–water partition coefficient (Wildman–Crippen LogP) is 3.62. The molecule has 1 heterocycles. The molecule has 138 valence electrons. The van der Waals surface area contributed by atoms with Crippen LogP contribution in [0.5, 0.6) is 5.75 Å². The van der Waals surface area contributed by atoms with E-state index in [2.05, 4.69) is 24.3 Å². The van der Waals surface area contributed by atoms with Crippen molar-refractivity contribution >= 4 is 11.6 Å². The molecule has 3 rings (SSSR count). The highest BCUT2D eigenvalue weighted by Crippen LogP contribution is 2.19. The lowest BCUT2D eigenvalue weighted by molar-refractivity contribution is 0.101. The predicted molar refractivity (Wildman–Crippen MR) is 105 cm³/mol. The fourth-order valence-corrected chi connectivity index (χ4v) is 2.70. The molecular weight excluding hydrogens is 342 g/mol. The largest absolute Gasteiger partial charge is 0.505 e. The van der Waals surface area contributed by atoms with Crippen LogP contribution in [-0.2, 0) is 0 Å². The molecule has 0 saturated heterocycles. The molecule has 0 unspecified atom stereocenters. The molecule has 0 spiro atoms. The normalized spacial score (nSPS) is 10.8. The quantitative estimate of drug-likeness (QED) is 0.741. The second kappa shape index (κ2) is 7.45. The fraction of sp³-hybridized carbons (Fsp3) is 0.190. The molecule has 2 N–H and O–H groups in total. The van der Waals surface area contributed by atoms with Gasteiger partial charge in [0.25, 0.3) is 11.5 Å². The minimum Gasteiger partial charge on any atom is -0.505 e. The highest BCUT2D eigenvalue weighted by Gasteiger charge is 2.17. The van der Waals surface area contributed by atoms with Gasteiger partial charge in [-0.3, -0.25) is 9.59 Å². The van der Waals surface area contributed by atoms with E-state index >= 15 is 0 Å². The van der Waals surface area contributed by atoms with Gasteiger partial charge in [0.1, 0.15) is 0 Å². The zero-order valence-corrected chi connectivity index (χ0v) is 15.4. The van der Waals surface area contributed by atoms with E-state index in [-0.39, 0.29) is 5.69 Å². The number of nitrogens with zero attached hydrogens (tertiary/aromatic N) is 2. The van der Waals surface area contributed by atoms with Crippen molar-refractivity contribution in [3.63, 3.8) is 0 Å². The van der Waals surface area contributed by atoms with Gasteiger partial charge in [-0.1, -0.05) is 38.1 Å². The van der Waals surface area contributed by atoms with Crippen LogP contribution in [0.15, 0.2) is 59.4 Å². The SMILES string of the molecule is Cc1cccc(-n2nc(C(=O)Nc3ccc(C(C)C)cc3)c(O)cc2=O)c1. The first kappa shape index (κ1) is 18.4. The van der Waals surface area contributed by atoms with E-state index < -0.39 is 17.2 Å². The Hall–Kier alpha value is -3.41. The van der Waals surface area contributed by atoms with Crippen molar-refractivity contribution in [3.05, 3.63) is 81.8 Å². The van der Waals surface area contributed by atoms with Crippen LogP contribution in [0.2, 0.25) is 0 Å². The van der Waals surface area contributed by atoms with Gasteiger partial charge in [0, 0.05) is 11.8 Å². The molecule has 1 aromatic heterocycles. The van der Waals surface area contributed by atoms with Crippen LogP contribution in [0.1, 0.15) is 41.4 Å². The van der Waals surface area contributed by atoms with E-state index in [9.17, 15) is 14.7 Å². The average molecular weight is 363 g/mol. The number of rotatable bonds is 4. The number of nitrogens with one attached hydrogen (secondary N) is 1. The zero-order chi connectivity index (χ0) is 19.6. The number of hydrogen-bond acceptors (Lipinski definition) is 4. The molecule has 2 aromatic carbocycles. The van der Waals surface area contributed by atoms with Gasteiger partial charge in [-0.15, -0.1) is 0 Å². The van der Waals surface area contributed by atoms with Crippen molar-refractivity contribution < 1.29 is 9.90 Å². The van der Waals surface area contributed by atoms with E-state index in [4.69, 9.17) is 0 Å². The summed E-state index contributed by atoms with van der Waals surface area (Å²) < 4.78 is 1.10. The van der Waals surface area contributed by atoms with Crippen molar-refractivity contribution in [2.45, 2.75) is 26.7 Å². The van der Waals surface area contributed by atoms with E-state index in [1.54, 1.807) is 30.3 Å². The standard InChI is InChI=1S/C21H21N3O3/c1-13(2)15-7-9-16(10-8-15)22-21(27)20-18(25)12-19(26)24(23-20)17-6-4-5-14(3)11-17/h4-13,25H,1-3H3,(H,22,27). The first-order chi connectivity index (χ1) is 12.8. The second-order valence-electron chi connectivity index (χ2n) is 6.70. The third-order valence-electron chi connectivity index (χ3n) is 4.21. The summed E-state index contributed by atoms with van der Waals surface area (Å²) in [6.07, 6.45) is 0. The summed E-state index contributed by atoms with van der Waals surface area (Å²) in [4.78, 5) is 24.8. The van der Waals surface area contributed by atoms with E-state index in [0.717, 1.165) is 21.9 Å². The molecule has 0 fully saturated rings. The lowest BCUT2D eigenvalue weighted by Crippen LogP contribution is -2.25. The van der Waals surface area contributed by atoms with E-state index in [1.807, 2.05) is 25.1 Å². The first-order valence-corrected chi connectivity index (χ1v) is 8.67. The van der Waals surface area contributed by atoms with Crippen molar-refractivity contribution in [1.29, 1.82) is 0 Å². The van der Waals surface area contributed by atoms with Gasteiger partial charge in [0.15, 0.2) is 11.4 Å². The van der Waals surface area contributed by atoms with Gasteiger partial charge in [0.05, 0.1) is 5.69 Å². The average Bonchev–Trinajstić information content (AvgIpc) is 2.62. The molecule has 0 radical (unpaired) electrons. The molecule has 0 atom stereocenters.